The molecular weight excluding hydrogens is 248 g/mol. The van der Waals surface area contributed by atoms with Crippen molar-refractivity contribution in [3.8, 4) is 5.75 Å². The standard InChI is InChI=1S/C17H28N2O/c1-4-11-18-12-16-17(10-7-14(3)19-16)20-15-8-5-13(2)6-9-15/h7,10,13,15,18H,4-6,8-9,11-12H2,1-3H3. The van der Waals surface area contributed by atoms with Crippen LogP contribution in [0.1, 0.15) is 57.3 Å². The van der Waals surface area contributed by atoms with Crippen molar-refractivity contribution in [3.63, 3.8) is 0 Å². The van der Waals surface area contributed by atoms with Gasteiger partial charge in [-0.05, 0) is 63.6 Å². The normalized spacial score (nSPS) is 22.8. The van der Waals surface area contributed by atoms with Crippen LogP contribution in [0.15, 0.2) is 12.1 Å². The molecule has 1 saturated carbocycles. The summed E-state index contributed by atoms with van der Waals surface area (Å²) in [5.41, 5.74) is 2.11. The van der Waals surface area contributed by atoms with E-state index in [-0.39, 0.29) is 0 Å². The fourth-order valence-electron chi connectivity index (χ4n) is 2.74. The molecule has 1 heterocycles. The summed E-state index contributed by atoms with van der Waals surface area (Å²) in [7, 11) is 0. The molecule has 1 fully saturated rings. The van der Waals surface area contributed by atoms with Crippen LogP contribution < -0.4 is 10.1 Å². The molecule has 0 saturated heterocycles. The third-order valence-corrected chi connectivity index (χ3v) is 4.05. The number of aromatic nitrogens is 1. The van der Waals surface area contributed by atoms with Gasteiger partial charge >= 0.3 is 0 Å². The van der Waals surface area contributed by atoms with E-state index in [9.17, 15) is 0 Å². The third kappa shape index (κ3) is 4.48. The van der Waals surface area contributed by atoms with Crippen molar-refractivity contribution in [2.75, 3.05) is 6.54 Å². The van der Waals surface area contributed by atoms with Crippen molar-refractivity contribution in [2.45, 2.75) is 65.5 Å². The molecule has 0 aliphatic heterocycles. The first kappa shape index (κ1) is 15.3. The van der Waals surface area contributed by atoms with Crippen LogP contribution in [-0.2, 0) is 6.54 Å². The van der Waals surface area contributed by atoms with Crippen LogP contribution in [0.25, 0.3) is 0 Å². The second kappa shape index (κ2) is 7.63. The summed E-state index contributed by atoms with van der Waals surface area (Å²) in [5, 5.41) is 3.42. The largest absolute Gasteiger partial charge is 0.488 e. The number of hydrogen-bond acceptors (Lipinski definition) is 3. The highest BCUT2D eigenvalue weighted by Gasteiger charge is 2.20. The summed E-state index contributed by atoms with van der Waals surface area (Å²) < 4.78 is 6.22. The summed E-state index contributed by atoms with van der Waals surface area (Å²) in [5.74, 6) is 1.83. The maximum Gasteiger partial charge on any atom is 0.142 e. The molecule has 0 spiro atoms. The van der Waals surface area contributed by atoms with Gasteiger partial charge in [-0.25, -0.2) is 0 Å². The molecule has 0 aromatic carbocycles. The number of nitrogens with one attached hydrogen (secondary N) is 1. The molecule has 1 aromatic rings. The van der Waals surface area contributed by atoms with Crippen molar-refractivity contribution in [1.29, 1.82) is 0 Å². The summed E-state index contributed by atoms with van der Waals surface area (Å²) in [4.78, 5) is 4.64. The van der Waals surface area contributed by atoms with E-state index in [2.05, 4.69) is 30.2 Å². The van der Waals surface area contributed by atoms with E-state index in [1.54, 1.807) is 0 Å². The highest BCUT2D eigenvalue weighted by atomic mass is 16.5. The van der Waals surface area contributed by atoms with Gasteiger partial charge in [-0.1, -0.05) is 13.8 Å². The van der Waals surface area contributed by atoms with Gasteiger partial charge in [-0.3, -0.25) is 4.98 Å². The predicted octanol–water partition coefficient (Wildman–Crippen LogP) is 3.85. The second-order valence-electron chi connectivity index (χ2n) is 6.07. The lowest BCUT2D eigenvalue weighted by atomic mass is 9.89. The zero-order valence-electron chi connectivity index (χ0n) is 13.1. The van der Waals surface area contributed by atoms with E-state index >= 15 is 0 Å². The minimum atomic E-state index is 0.376. The number of nitrogens with zero attached hydrogens (tertiary/aromatic N) is 1. The number of aryl methyl sites for hydroxylation is 1. The van der Waals surface area contributed by atoms with Gasteiger partial charge in [0.15, 0.2) is 0 Å². The van der Waals surface area contributed by atoms with E-state index in [4.69, 9.17) is 4.74 Å². The van der Waals surface area contributed by atoms with Crippen LogP contribution in [0.2, 0.25) is 0 Å². The number of rotatable bonds is 6. The van der Waals surface area contributed by atoms with E-state index in [1.165, 1.54) is 25.7 Å². The van der Waals surface area contributed by atoms with E-state index in [0.717, 1.165) is 42.6 Å². The van der Waals surface area contributed by atoms with Crippen LogP contribution in [0.4, 0.5) is 0 Å². The van der Waals surface area contributed by atoms with Crippen LogP contribution in [0.3, 0.4) is 0 Å². The van der Waals surface area contributed by atoms with Crippen LogP contribution in [-0.4, -0.2) is 17.6 Å². The zero-order chi connectivity index (χ0) is 14.4. The quantitative estimate of drug-likeness (QED) is 0.801. The van der Waals surface area contributed by atoms with E-state index in [0.29, 0.717) is 6.10 Å². The maximum absolute atomic E-state index is 6.22. The van der Waals surface area contributed by atoms with Gasteiger partial charge < -0.3 is 10.1 Å². The van der Waals surface area contributed by atoms with Gasteiger partial charge in [0, 0.05) is 12.2 Å². The molecule has 20 heavy (non-hydrogen) atoms. The predicted molar refractivity (Wildman–Crippen MR) is 83.0 cm³/mol. The summed E-state index contributed by atoms with van der Waals surface area (Å²) in [6.07, 6.45) is 6.44. The second-order valence-corrected chi connectivity index (χ2v) is 6.07. The third-order valence-electron chi connectivity index (χ3n) is 4.05. The van der Waals surface area contributed by atoms with E-state index < -0.39 is 0 Å². The maximum atomic E-state index is 6.22. The van der Waals surface area contributed by atoms with Crippen molar-refractivity contribution in [1.82, 2.24) is 10.3 Å². The molecule has 1 aliphatic rings. The number of ether oxygens (including phenoxy) is 1. The first-order chi connectivity index (χ1) is 9.69. The molecule has 0 unspecified atom stereocenters. The lowest BCUT2D eigenvalue weighted by molar-refractivity contribution is 0.133. The summed E-state index contributed by atoms with van der Waals surface area (Å²) >= 11 is 0. The Balaban J connectivity index is 1.98. The molecule has 3 heteroatoms. The first-order valence-electron chi connectivity index (χ1n) is 8.03. The molecule has 1 aliphatic carbocycles. The molecule has 2 rings (SSSR count). The van der Waals surface area contributed by atoms with Crippen molar-refractivity contribution < 1.29 is 4.74 Å². The average molecular weight is 276 g/mol. The Hall–Kier alpha value is -1.09. The van der Waals surface area contributed by atoms with Gasteiger partial charge in [0.25, 0.3) is 0 Å². The highest BCUT2D eigenvalue weighted by molar-refractivity contribution is 5.29. The molecule has 0 amide bonds. The monoisotopic (exact) mass is 276 g/mol. The fraction of sp³-hybridized carbons (Fsp3) is 0.706. The molecule has 3 nitrogen and oxygen atoms in total. The van der Waals surface area contributed by atoms with Crippen molar-refractivity contribution in [2.24, 2.45) is 5.92 Å². The van der Waals surface area contributed by atoms with Crippen LogP contribution in [0, 0.1) is 12.8 Å². The van der Waals surface area contributed by atoms with Gasteiger partial charge in [0.05, 0.1) is 11.8 Å². The lowest BCUT2D eigenvalue weighted by Gasteiger charge is -2.27. The Kier molecular flexibility index (Phi) is 5.84. The number of pyridine rings is 1. The topological polar surface area (TPSA) is 34.2 Å². The Morgan fingerprint density at radius 1 is 1.25 bits per heavy atom. The molecule has 1 aromatic heterocycles. The molecule has 0 atom stereocenters. The Bertz CT molecular complexity index is 411. The summed E-state index contributed by atoms with van der Waals surface area (Å²) in [6, 6.07) is 4.13. The molecule has 0 radical (unpaired) electrons. The van der Waals surface area contributed by atoms with Crippen molar-refractivity contribution >= 4 is 0 Å². The smallest absolute Gasteiger partial charge is 0.142 e. The Morgan fingerprint density at radius 2 is 2.00 bits per heavy atom. The summed E-state index contributed by atoms with van der Waals surface area (Å²) in [6.45, 7) is 8.38. The van der Waals surface area contributed by atoms with Gasteiger partial charge in [0.2, 0.25) is 0 Å². The molecule has 1 N–H and O–H groups in total. The minimum absolute atomic E-state index is 0.376. The Labute approximate surface area is 123 Å². The highest BCUT2D eigenvalue weighted by Crippen LogP contribution is 2.28. The average Bonchev–Trinajstić information content (AvgIpc) is 2.44. The van der Waals surface area contributed by atoms with Crippen LogP contribution in [0.5, 0.6) is 5.75 Å². The first-order valence-corrected chi connectivity index (χ1v) is 8.03. The zero-order valence-corrected chi connectivity index (χ0v) is 13.1. The van der Waals surface area contributed by atoms with Gasteiger partial charge in [-0.15, -0.1) is 0 Å². The van der Waals surface area contributed by atoms with Gasteiger partial charge in [0.1, 0.15) is 5.75 Å². The van der Waals surface area contributed by atoms with Gasteiger partial charge in [-0.2, -0.15) is 0 Å². The lowest BCUT2D eigenvalue weighted by Crippen LogP contribution is -2.24. The SMILES string of the molecule is CCCNCc1nc(C)ccc1OC1CCC(C)CC1. The minimum Gasteiger partial charge on any atom is -0.488 e. The molecule has 112 valence electrons. The van der Waals surface area contributed by atoms with Crippen LogP contribution >= 0.6 is 0 Å². The van der Waals surface area contributed by atoms with Crippen molar-refractivity contribution in [3.05, 3.63) is 23.5 Å². The molecule has 0 bridgehead atoms. The fourth-order valence-corrected chi connectivity index (χ4v) is 2.74. The number of hydrogen-bond donors (Lipinski definition) is 1. The van der Waals surface area contributed by atoms with E-state index in [1.807, 2.05) is 13.0 Å². The molecular formula is C17H28N2O. The Morgan fingerprint density at radius 3 is 2.70 bits per heavy atom.